The summed E-state index contributed by atoms with van der Waals surface area (Å²) in [6.45, 7) is 4.39. The molecule has 15 heavy (non-hydrogen) atoms. The molecule has 1 fully saturated rings. The fraction of sp³-hybridized carbons (Fsp3) is 0.700. The normalized spacial score (nSPS) is 26.4. The van der Waals surface area contributed by atoms with Gasteiger partial charge in [-0.3, -0.25) is 4.90 Å². The minimum atomic E-state index is -0.255. The molecule has 2 N–H and O–H groups in total. The summed E-state index contributed by atoms with van der Waals surface area (Å²) in [7, 11) is 2.04. The number of nitrogens with zero attached hydrogens (tertiary/aromatic N) is 2. The van der Waals surface area contributed by atoms with Crippen molar-refractivity contribution in [2.75, 3.05) is 20.1 Å². The zero-order chi connectivity index (χ0) is 10.8. The van der Waals surface area contributed by atoms with Gasteiger partial charge < -0.3 is 10.4 Å². The topological polar surface area (TPSA) is 48.4 Å². The van der Waals surface area contributed by atoms with Crippen LogP contribution in [0.2, 0.25) is 0 Å². The zero-order valence-corrected chi connectivity index (χ0v) is 9.92. The second-order valence-electron chi connectivity index (χ2n) is 4.07. The van der Waals surface area contributed by atoms with Gasteiger partial charge in [-0.2, -0.15) is 0 Å². The van der Waals surface area contributed by atoms with Gasteiger partial charge in [0.25, 0.3) is 0 Å². The first-order valence-corrected chi connectivity index (χ1v) is 6.05. The average molecular weight is 227 g/mol. The van der Waals surface area contributed by atoms with Gasteiger partial charge >= 0.3 is 0 Å². The van der Waals surface area contributed by atoms with Gasteiger partial charge in [-0.05, 0) is 14.0 Å². The Labute approximate surface area is 93.9 Å². The van der Waals surface area contributed by atoms with Crippen LogP contribution in [-0.4, -0.2) is 47.3 Å². The van der Waals surface area contributed by atoms with Crippen molar-refractivity contribution < 1.29 is 5.11 Å². The number of hydrogen-bond acceptors (Lipinski definition) is 5. The van der Waals surface area contributed by atoms with Crippen LogP contribution in [-0.2, 0) is 6.54 Å². The number of nitrogens with one attached hydrogen (secondary N) is 1. The first-order chi connectivity index (χ1) is 7.16. The van der Waals surface area contributed by atoms with Crippen LogP contribution in [0, 0.1) is 6.92 Å². The lowest BCUT2D eigenvalue weighted by molar-refractivity contribution is 0.0949. The Morgan fingerprint density at radius 1 is 1.67 bits per heavy atom. The highest BCUT2D eigenvalue weighted by molar-refractivity contribution is 7.09. The van der Waals surface area contributed by atoms with Crippen LogP contribution in [0.5, 0.6) is 0 Å². The van der Waals surface area contributed by atoms with E-state index in [1.165, 1.54) is 0 Å². The molecule has 0 saturated carbocycles. The summed E-state index contributed by atoms with van der Waals surface area (Å²) in [5.74, 6) is 0. The second kappa shape index (κ2) is 4.57. The number of β-amino-alcohol motifs (C(OH)–C–C–N with tert-alkyl or cyclic N) is 1. The predicted molar refractivity (Wildman–Crippen MR) is 61.0 cm³/mol. The minimum Gasteiger partial charge on any atom is -0.390 e. The van der Waals surface area contributed by atoms with E-state index in [-0.39, 0.29) is 12.1 Å². The van der Waals surface area contributed by atoms with Gasteiger partial charge in [0.05, 0.1) is 16.8 Å². The molecule has 0 aromatic carbocycles. The molecule has 1 aromatic rings. The number of aliphatic hydroxyl groups excluding tert-OH is 1. The number of aromatic nitrogens is 1. The molecule has 2 heterocycles. The number of thiazole rings is 1. The molecule has 0 aliphatic carbocycles. The highest BCUT2D eigenvalue weighted by Gasteiger charge is 2.28. The van der Waals surface area contributed by atoms with E-state index < -0.39 is 0 Å². The fourth-order valence-corrected chi connectivity index (χ4v) is 2.56. The summed E-state index contributed by atoms with van der Waals surface area (Å²) in [5.41, 5.74) is 1.10. The third-order valence-corrected chi connectivity index (χ3v) is 3.62. The van der Waals surface area contributed by atoms with Crippen molar-refractivity contribution in [3.05, 3.63) is 16.1 Å². The average Bonchev–Trinajstić information content (AvgIpc) is 2.75. The van der Waals surface area contributed by atoms with E-state index in [9.17, 15) is 5.11 Å². The molecule has 2 atom stereocenters. The van der Waals surface area contributed by atoms with Crippen molar-refractivity contribution >= 4 is 11.3 Å². The number of aliphatic hydroxyl groups is 1. The van der Waals surface area contributed by atoms with E-state index in [1.807, 2.05) is 14.0 Å². The molecule has 1 aliphatic heterocycles. The highest BCUT2D eigenvalue weighted by atomic mass is 32.1. The van der Waals surface area contributed by atoms with E-state index in [4.69, 9.17) is 0 Å². The van der Waals surface area contributed by atoms with Gasteiger partial charge in [-0.1, -0.05) is 0 Å². The van der Waals surface area contributed by atoms with Crippen LogP contribution >= 0.6 is 11.3 Å². The molecule has 2 rings (SSSR count). The molecule has 1 aliphatic rings. The highest BCUT2D eigenvalue weighted by Crippen LogP contribution is 2.14. The first-order valence-electron chi connectivity index (χ1n) is 5.17. The molecule has 84 valence electrons. The number of aryl methyl sites for hydroxylation is 1. The minimum absolute atomic E-state index is 0.215. The van der Waals surface area contributed by atoms with Crippen LogP contribution in [0.1, 0.15) is 10.7 Å². The smallest absolute Gasteiger partial charge is 0.0897 e. The zero-order valence-electron chi connectivity index (χ0n) is 9.10. The molecular weight excluding hydrogens is 210 g/mol. The monoisotopic (exact) mass is 227 g/mol. The number of rotatable bonds is 3. The lowest BCUT2D eigenvalue weighted by Crippen LogP contribution is -2.40. The summed E-state index contributed by atoms with van der Waals surface area (Å²) in [5, 5.41) is 16.1. The van der Waals surface area contributed by atoms with Gasteiger partial charge in [-0.15, -0.1) is 11.3 Å². The Kier molecular flexibility index (Phi) is 3.35. The molecular formula is C10H17N3OS. The molecule has 4 nitrogen and oxygen atoms in total. The molecule has 2 unspecified atom stereocenters. The van der Waals surface area contributed by atoms with E-state index in [0.29, 0.717) is 6.54 Å². The van der Waals surface area contributed by atoms with E-state index in [1.54, 1.807) is 11.3 Å². The van der Waals surface area contributed by atoms with E-state index in [0.717, 1.165) is 23.8 Å². The lowest BCUT2D eigenvalue weighted by Gasteiger charge is -2.25. The molecule has 0 radical (unpaired) electrons. The van der Waals surface area contributed by atoms with Crippen LogP contribution in [0.15, 0.2) is 5.38 Å². The van der Waals surface area contributed by atoms with Gasteiger partial charge in [0.1, 0.15) is 0 Å². The van der Waals surface area contributed by atoms with Crippen LogP contribution < -0.4 is 5.32 Å². The summed E-state index contributed by atoms with van der Waals surface area (Å²) < 4.78 is 0. The molecule has 1 saturated heterocycles. The van der Waals surface area contributed by atoms with Gasteiger partial charge in [0, 0.05) is 31.1 Å². The fourth-order valence-electron chi connectivity index (χ4n) is 1.95. The second-order valence-corrected chi connectivity index (χ2v) is 5.13. The molecule has 0 amide bonds. The Bertz CT molecular complexity index is 328. The van der Waals surface area contributed by atoms with Crippen molar-refractivity contribution in [1.29, 1.82) is 0 Å². The van der Waals surface area contributed by atoms with Crippen molar-refractivity contribution in [2.45, 2.75) is 25.6 Å². The summed E-state index contributed by atoms with van der Waals surface area (Å²) in [6, 6.07) is 0.215. The summed E-state index contributed by atoms with van der Waals surface area (Å²) in [4.78, 5) is 6.59. The molecule has 0 bridgehead atoms. The third kappa shape index (κ3) is 2.55. The van der Waals surface area contributed by atoms with Crippen molar-refractivity contribution in [3.63, 3.8) is 0 Å². The Hall–Kier alpha value is -0.490. The van der Waals surface area contributed by atoms with Gasteiger partial charge in [0.2, 0.25) is 0 Å². The van der Waals surface area contributed by atoms with Crippen molar-refractivity contribution in [3.8, 4) is 0 Å². The third-order valence-electron chi connectivity index (χ3n) is 2.80. The molecule has 1 aromatic heterocycles. The quantitative estimate of drug-likeness (QED) is 0.775. The number of hydrogen-bond donors (Lipinski definition) is 2. The van der Waals surface area contributed by atoms with E-state index in [2.05, 4.69) is 20.6 Å². The SMILES string of the molecule is Cc1nc(CN(C)C2CNCC2O)cs1. The summed E-state index contributed by atoms with van der Waals surface area (Å²) >= 11 is 1.67. The van der Waals surface area contributed by atoms with Crippen LogP contribution in [0.4, 0.5) is 0 Å². The number of likely N-dealkylation sites (N-methyl/N-ethyl adjacent to an activating group) is 1. The molecule has 5 heteroatoms. The van der Waals surface area contributed by atoms with E-state index >= 15 is 0 Å². The lowest BCUT2D eigenvalue weighted by atomic mass is 10.2. The van der Waals surface area contributed by atoms with Crippen molar-refractivity contribution in [2.24, 2.45) is 0 Å². The summed E-state index contributed by atoms with van der Waals surface area (Å²) in [6.07, 6.45) is -0.255. The predicted octanol–water partition coefficient (Wildman–Crippen LogP) is 0.216. The Balaban J connectivity index is 1.94. The van der Waals surface area contributed by atoms with Crippen molar-refractivity contribution in [1.82, 2.24) is 15.2 Å². The Morgan fingerprint density at radius 2 is 2.47 bits per heavy atom. The maximum atomic E-state index is 9.72. The van der Waals surface area contributed by atoms with Crippen LogP contribution in [0.3, 0.4) is 0 Å². The maximum Gasteiger partial charge on any atom is 0.0897 e. The standard InChI is InChI=1S/C10H17N3OS/c1-7-12-8(6-15-7)5-13(2)9-3-11-4-10(9)14/h6,9-11,14H,3-5H2,1-2H3. The first kappa shape index (κ1) is 11.0. The molecule has 0 spiro atoms. The Morgan fingerprint density at radius 3 is 3.00 bits per heavy atom. The largest absolute Gasteiger partial charge is 0.390 e. The maximum absolute atomic E-state index is 9.72. The van der Waals surface area contributed by atoms with Crippen LogP contribution in [0.25, 0.3) is 0 Å². The van der Waals surface area contributed by atoms with Gasteiger partial charge in [0.15, 0.2) is 0 Å². The van der Waals surface area contributed by atoms with Gasteiger partial charge in [-0.25, -0.2) is 4.98 Å².